The number of aryl methyl sites for hydroxylation is 1. The van der Waals surface area contributed by atoms with Crippen molar-refractivity contribution in [3.8, 4) is 28.3 Å². The highest BCUT2D eigenvalue weighted by Crippen LogP contribution is 2.33. The summed E-state index contributed by atoms with van der Waals surface area (Å²) in [5.74, 6) is -0.168. The first-order valence-corrected chi connectivity index (χ1v) is 9.56. The summed E-state index contributed by atoms with van der Waals surface area (Å²) in [6, 6.07) is 13.2. The number of carbonyl (C=O) groups is 1. The number of hydrogen-bond donors (Lipinski definition) is 1. The predicted molar refractivity (Wildman–Crippen MR) is 109 cm³/mol. The van der Waals surface area contributed by atoms with Crippen molar-refractivity contribution in [2.45, 2.75) is 6.92 Å². The van der Waals surface area contributed by atoms with Gasteiger partial charge in [-0.25, -0.2) is 9.37 Å². The quantitative estimate of drug-likeness (QED) is 0.492. The second-order valence-corrected chi connectivity index (χ2v) is 7.14. The Morgan fingerprint density at radius 3 is 2.83 bits per heavy atom. The molecule has 2 aromatic heterocycles. The predicted octanol–water partition coefficient (Wildman–Crippen LogP) is 5.17. The Morgan fingerprint density at radius 2 is 2.03 bits per heavy atom. The third-order valence-electron chi connectivity index (χ3n) is 4.21. The standard InChI is InChI=1S/C21H16FN3O3S/c1-12-6-7-18(27-2)15(8-12)17-11-29-21(23-17)24-20(26)19-10-16(25-28-19)13-4-3-5-14(22)9-13/h3-11H,1-2H3,(H,23,24,26). The zero-order chi connectivity index (χ0) is 20.4. The molecule has 0 radical (unpaired) electrons. The molecule has 1 amide bonds. The van der Waals surface area contributed by atoms with Crippen LogP contribution in [0.15, 0.2) is 58.4 Å². The van der Waals surface area contributed by atoms with E-state index in [9.17, 15) is 9.18 Å². The number of carbonyl (C=O) groups excluding carboxylic acids is 1. The highest BCUT2D eigenvalue weighted by Gasteiger charge is 2.17. The van der Waals surface area contributed by atoms with Crippen LogP contribution in [0.2, 0.25) is 0 Å². The number of thiazole rings is 1. The lowest BCUT2D eigenvalue weighted by Gasteiger charge is -2.07. The molecule has 0 fully saturated rings. The van der Waals surface area contributed by atoms with Gasteiger partial charge in [0.25, 0.3) is 5.91 Å². The van der Waals surface area contributed by atoms with Crippen LogP contribution in [0.25, 0.3) is 22.5 Å². The molecule has 4 rings (SSSR count). The normalized spacial score (nSPS) is 10.7. The first-order chi connectivity index (χ1) is 14.0. The second kappa shape index (κ2) is 7.84. The minimum Gasteiger partial charge on any atom is -0.496 e. The number of amides is 1. The number of benzene rings is 2. The van der Waals surface area contributed by atoms with E-state index < -0.39 is 11.7 Å². The molecule has 1 N–H and O–H groups in total. The summed E-state index contributed by atoms with van der Waals surface area (Å²) in [5.41, 5.74) is 3.52. The number of ether oxygens (including phenoxy) is 1. The lowest BCUT2D eigenvalue weighted by Crippen LogP contribution is -2.10. The Hall–Kier alpha value is -3.52. The van der Waals surface area contributed by atoms with Gasteiger partial charge < -0.3 is 9.26 Å². The largest absolute Gasteiger partial charge is 0.496 e. The fourth-order valence-electron chi connectivity index (χ4n) is 2.80. The number of nitrogens with one attached hydrogen (secondary N) is 1. The molecule has 0 saturated heterocycles. The summed E-state index contributed by atoms with van der Waals surface area (Å²) in [6.07, 6.45) is 0. The van der Waals surface area contributed by atoms with Crippen LogP contribution in [-0.4, -0.2) is 23.2 Å². The first-order valence-electron chi connectivity index (χ1n) is 8.68. The van der Waals surface area contributed by atoms with Gasteiger partial charge in [-0.05, 0) is 31.2 Å². The van der Waals surface area contributed by atoms with Crippen molar-refractivity contribution in [1.29, 1.82) is 0 Å². The third kappa shape index (κ3) is 4.02. The number of halogens is 1. The summed E-state index contributed by atoms with van der Waals surface area (Å²) >= 11 is 1.29. The molecule has 0 aliphatic rings. The fourth-order valence-corrected chi connectivity index (χ4v) is 3.51. The van der Waals surface area contributed by atoms with Crippen LogP contribution in [-0.2, 0) is 0 Å². The molecular weight excluding hydrogens is 393 g/mol. The minimum atomic E-state index is -0.489. The maximum Gasteiger partial charge on any atom is 0.296 e. The molecule has 2 heterocycles. The lowest BCUT2D eigenvalue weighted by molar-refractivity contribution is 0.0988. The molecule has 0 bridgehead atoms. The lowest BCUT2D eigenvalue weighted by atomic mass is 10.1. The minimum absolute atomic E-state index is 0.00847. The summed E-state index contributed by atoms with van der Waals surface area (Å²) in [4.78, 5) is 16.9. The molecule has 0 saturated carbocycles. The molecule has 0 aliphatic carbocycles. The number of rotatable bonds is 5. The molecule has 0 aliphatic heterocycles. The van der Waals surface area contributed by atoms with Crippen LogP contribution in [0.5, 0.6) is 5.75 Å². The van der Waals surface area contributed by atoms with E-state index in [4.69, 9.17) is 9.26 Å². The molecule has 0 atom stereocenters. The number of anilines is 1. The summed E-state index contributed by atoms with van der Waals surface area (Å²) in [7, 11) is 1.60. The number of aromatic nitrogens is 2. The van der Waals surface area contributed by atoms with Crippen LogP contribution in [0, 0.1) is 12.7 Å². The Morgan fingerprint density at radius 1 is 1.17 bits per heavy atom. The van der Waals surface area contributed by atoms with Crippen LogP contribution in [0.3, 0.4) is 0 Å². The Kier molecular flexibility index (Phi) is 5.09. The van der Waals surface area contributed by atoms with Crippen LogP contribution in [0.1, 0.15) is 16.1 Å². The average molecular weight is 409 g/mol. The third-order valence-corrected chi connectivity index (χ3v) is 4.97. The maximum absolute atomic E-state index is 13.4. The molecule has 0 spiro atoms. The van der Waals surface area contributed by atoms with E-state index in [-0.39, 0.29) is 5.76 Å². The van der Waals surface area contributed by atoms with Gasteiger partial charge in [-0.2, -0.15) is 0 Å². The van der Waals surface area contributed by atoms with Crippen molar-refractivity contribution in [1.82, 2.24) is 10.1 Å². The highest BCUT2D eigenvalue weighted by molar-refractivity contribution is 7.14. The van der Waals surface area contributed by atoms with Crippen molar-refractivity contribution >= 4 is 22.4 Å². The molecule has 2 aromatic carbocycles. The van der Waals surface area contributed by atoms with Crippen molar-refractivity contribution in [3.05, 3.63) is 71.1 Å². The van der Waals surface area contributed by atoms with Gasteiger partial charge in [-0.3, -0.25) is 10.1 Å². The van der Waals surface area contributed by atoms with E-state index in [1.165, 1.54) is 29.5 Å². The Bertz CT molecular complexity index is 1190. The van der Waals surface area contributed by atoms with Gasteiger partial charge >= 0.3 is 0 Å². The van der Waals surface area contributed by atoms with Gasteiger partial charge in [0.1, 0.15) is 17.3 Å². The summed E-state index contributed by atoms with van der Waals surface area (Å²) in [6.45, 7) is 1.98. The second-order valence-electron chi connectivity index (χ2n) is 6.28. The molecule has 146 valence electrons. The van der Waals surface area contributed by atoms with Gasteiger partial charge in [-0.15, -0.1) is 11.3 Å². The molecular formula is C21H16FN3O3S. The van der Waals surface area contributed by atoms with E-state index in [1.807, 2.05) is 30.5 Å². The number of hydrogen-bond acceptors (Lipinski definition) is 6. The monoisotopic (exact) mass is 409 g/mol. The highest BCUT2D eigenvalue weighted by atomic mass is 32.1. The Labute approximate surface area is 170 Å². The SMILES string of the molecule is COc1ccc(C)cc1-c1csc(NC(=O)c2cc(-c3cccc(F)c3)no2)n1. The van der Waals surface area contributed by atoms with Crippen molar-refractivity contribution in [2.75, 3.05) is 12.4 Å². The van der Waals surface area contributed by atoms with E-state index in [0.717, 1.165) is 11.1 Å². The van der Waals surface area contributed by atoms with E-state index in [1.54, 1.807) is 19.2 Å². The zero-order valence-corrected chi connectivity index (χ0v) is 16.4. The summed E-state index contributed by atoms with van der Waals surface area (Å²) in [5, 5.41) is 8.79. The van der Waals surface area contributed by atoms with Crippen LogP contribution < -0.4 is 10.1 Å². The Balaban J connectivity index is 1.53. The van der Waals surface area contributed by atoms with E-state index >= 15 is 0 Å². The first kappa shape index (κ1) is 18.8. The number of nitrogens with zero attached hydrogens (tertiary/aromatic N) is 2. The van der Waals surface area contributed by atoms with Gasteiger partial charge in [0, 0.05) is 22.6 Å². The number of methoxy groups -OCH3 is 1. The van der Waals surface area contributed by atoms with E-state index in [2.05, 4.69) is 15.5 Å². The molecule has 4 aromatic rings. The fraction of sp³-hybridized carbons (Fsp3) is 0.0952. The van der Waals surface area contributed by atoms with Crippen molar-refractivity contribution < 1.29 is 18.4 Å². The average Bonchev–Trinajstić information content (AvgIpc) is 3.38. The smallest absolute Gasteiger partial charge is 0.296 e. The van der Waals surface area contributed by atoms with Gasteiger partial charge in [-0.1, -0.05) is 28.9 Å². The van der Waals surface area contributed by atoms with Gasteiger partial charge in [0.2, 0.25) is 5.76 Å². The van der Waals surface area contributed by atoms with Crippen molar-refractivity contribution in [2.24, 2.45) is 0 Å². The van der Waals surface area contributed by atoms with Gasteiger partial charge in [0.05, 0.1) is 12.8 Å². The molecule has 6 nitrogen and oxygen atoms in total. The molecule has 29 heavy (non-hydrogen) atoms. The summed E-state index contributed by atoms with van der Waals surface area (Å²) < 4.78 is 23.9. The van der Waals surface area contributed by atoms with Crippen LogP contribution >= 0.6 is 11.3 Å². The molecule has 8 heteroatoms. The maximum atomic E-state index is 13.4. The van der Waals surface area contributed by atoms with Crippen LogP contribution in [0.4, 0.5) is 9.52 Å². The topological polar surface area (TPSA) is 77.2 Å². The zero-order valence-electron chi connectivity index (χ0n) is 15.6. The molecule has 0 unspecified atom stereocenters. The van der Waals surface area contributed by atoms with Crippen molar-refractivity contribution in [3.63, 3.8) is 0 Å². The van der Waals surface area contributed by atoms with E-state index in [0.29, 0.717) is 27.8 Å². The van der Waals surface area contributed by atoms with Gasteiger partial charge in [0.15, 0.2) is 5.13 Å².